The quantitative estimate of drug-likeness (QED) is 0.658. The van der Waals surface area contributed by atoms with Gasteiger partial charge >= 0.3 is 0 Å². The number of aliphatic hydroxyl groups excluding tert-OH is 1. The lowest BCUT2D eigenvalue weighted by molar-refractivity contribution is 0.107. The van der Waals surface area contributed by atoms with Crippen molar-refractivity contribution in [1.29, 1.82) is 0 Å². The maximum Gasteiger partial charge on any atom is 0.238 e. The van der Waals surface area contributed by atoms with Gasteiger partial charge in [0.25, 0.3) is 0 Å². The second-order valence-electron chi connectivity index (χ2n) is 3.41. The van der Waals surface area contributed by atoms with Crippen molar-refractivity contribution in [1.82, 2.24) is 20.2 Å². The highest BCUT2D eigenvalue weighted by Crippen LogP contribution is 2.27. The molecule has 0 aliphatic heterocycles. The standard InChI is InChI=1S/C7H12N4OS/c12-6-3-1-5(2-4-6)11-7(13)8-9-10-11/h5-6,12H,1-4H2,(H,8,10,13). The fourth-order valence-corrected chi connectivity index (χ4v) is 1.99. The second kappa shape index (κ2) is 3.55. The SMILES string of the molecule is OC1CCC(n2[nH]nnc2=S)CC1. The monoisotopic (exact) mass is 200 g/mol. The maximum atomic E-state index is 9.32. The summed E-state index contributed by atoms with van der Waals surface area (Å²) >= 11 is 4.99. The van der Waals surface area contributed by atoms with Crippen molar-refractivity contribution < 1.29 is 5.11 Å². The highest BCUT2D eigenvalue weighted by Gasteiger charge is 2.21. The molecule has 1 fully saturated rings. The molecule has 0 unspecified atom stereocenters. The fourth-order valence-electron chi connectivity index (χ4n) is 1.76. The number of tetrazole rings is 1. The molecule has 72 valence electrons. The second-order valence-corrected chi connectivity index (χ2v) is 3.78. The van der Waals surface area contributed by atoms with Gasteiger partial charge in [0.05, 0.1) is 12.1 Å². The minimum atomic E-state index is -0.138. The van der Waals surface area contributed by atoms with Crippen LogP contribution in [0.3, 0.4) is 0 Å². The summed E-state index contributed by atoms with van der Waals surface area (Å²) in [6.07, 6.45) is 3.43. The lowest BCUT2D eigenvalue weighted by atomic mass is 9.93. The van der Waals surface area contributed by atoms with Gasteiger partial charge in [0.15, 0.2) is 0 Å². The third-order valence-electron chi connectivity index (χ3n) is 2.53. The lowest BCUT2D eigenvalue weighted by Gasteiger charge is -2.25. The molecule has 0 atom stereocenters. The molecule has 1 heterocycles. The number of H-pyrrole nitrogens is 1. The van der Waals surface area contributed by atoms with Gasteiger partial charge in [-0.05, 0) is 37.9 Å². The van der Waals surface area contributed by atoms with E-state index in [4.69, 9.17) is 12.2 Å². The molecule has 0 bridgehead atoms. The third kappa shape index (κ3) is 1.78. The van der Waals surface area contributed by atoms with Crippen molar-refractivity contribution in [3.05, 3.63) is 4.77 Å². The fraction of sp³-hybridized carbons (Fsp3) is 0.857. The molecule has 5 nitrogen and oxygen atoms in total. The maximum absolute atomic E-state index is 9.32. The lowest BCUT2D eigenvalue weighted by Crippen LogP contribution is -2.21. The normalized spacial score (nSPS) is 29.0. The van der Waals surface area contributed by atoms with Crippen LogP contribution in [0.4, 0.5) is 0 Å². The summed E-state index contributed by atoms with van der Waals surface area (Å²) in [6.45, 7) is 0. The van der Waals surface area contributed by atoms with Gasteiger partial charge in [-0.3, -0.25) is 0 Å². The first-order valence-electron chi connectivity index (χ1n) is 4.45. The Morgan fingerprint density at radius 2 is 2.08 bits per heavy atom. The largest absolute Gasteiger partial charge is 0.393 e. The molecule has 0 amide bonds. The van der Waals surface area contributed by atoms with Gasteiger partial charge in [0, 0.05) is 0 Å². The van der Waals surface area contributed by atoms with Crippen LogP contribution in [-0.4, -0.2) is 31.4 Å². The van der Waals surface area contributed by atoms with Gasteiger partial charge in [0.2, 0.25) is 4.77 Å². The molecule has 6 heteroatoms. The first kappa shape index (κ1) is 8.83. The summed E-state index contributed by atoms with van der Waals surface area (Å²) in [6, 6.07) is 0.339. The van der Waals surface area contributed by atoms with Crippen LogP contribution in [-0.2, 0) is 0 Å². The Labute approximate surface area is 80.8 Å². The Morgan fingerprint density at radius 3 is 2.62 bits per heavy atom. The molecule has 1 aromatic heterocycles. The topological polar surface area (TPSA) is 66.7 Å². The molecule has 0 saturated heterocycles. The van der Waals surface area contributed by atoms with E-state index in [1.807, 2.05) is 0 Å². The minimum absolute atomic E-state index is 0.138. The van der Waals surface area contributed by atoms with Gasteiger partial charge < -0.3 is 5.11 Å². The van der Waals surface area contributed by atoms with Crippen molar-refractivity contribution in [3.63, 3.8) is 0 Å². The summed E-state index contributed by atoms with van der Waals surface area (Å²) in [5.74, 6) is 0. The van der Waals surface area contributed by atoms with Gasteiger partial charge in [0.1, 0.15) is 0 Å². The van der Waals surface area contributed by atoms with E-state index in [2.05, 4.69) is 15.5 Å². The average molecular weight is 200 g/mol. The Balaban J connectivity index is 2.11. The van der Waals surface area contributed by atoms with Crippen molar-refractivity contribution in [2.75, 3.05) is 0 Å². The van der Waals surface area contributed by atoms with Crippen LogP contribution in [0.25, 0.3) is 0 Å². The van der Waals surface area contributed by atoms with E-state index in [-0.39, 0.29) is 6.10 Å². The van der Waals surface area contributed by atoms with E-state index in [9.17, 15) is 5.11 Å². The van der Waals surface area contributed by atoms with E-state index in [1.54, 1.807) is 4.68 Å². The highest BCUT2D eigenvalue weighted by atomic mass is 32.1. The summed E-state index contributed by atoms with van der Waals surface area (Å²) in [4.78, 5) is 0. The van der Waals surface area contributed by atoms with E-state index in [0.717, 1.165) is 25.7 Å². The van der Waals surface area contributed by atoms with E-state index in [0.29, 0.717) is 10.8 Å². The Hall–Kier alpha value is -0.750. The molecule has 0 spiro atoms. The minimum Gasteiger partial charge on any atom is -0.393 e. The zero-order chi connectivity index (χ0) is 9.26. The molecular formula is C7H12N4OS. The smallest absolute Gasteiger partial charge is 0.238 e. The summed E-state index contributed by atoms with van der Waals surface area (Å²) in [7, 11) is 0. The summed E-state index contributed by atoms with van der Waals surface area (Å²) in [5, 5.41) is 19.4. The molecule has 1 aromatic rings. The average Bonchev–Trinajstić information content (AvgIpc) is 2.53. The number of aromatic nitrogens is 4. The van der Waals surface area contributed by atoms with Crippen LogP contribution in [0.1, 0.15) is 31.7 Å². The molecule has 1 saturated carbocycles. The molecule has 1 aliphatic carbocycles. The van der Waals surface area contributed by atoms with Crippen LogP contribution in [0.5, 0.6) is 0 Å². The third-order valence-corrected chi connectivity index (χ3v) is 2.80. The van der Waals surface area contributed by atoms with Crippen molar-refractivity contribution in [3.8, 4) is 0 Å². The number of aromatic amines is 1. The predicted molar refractivity (Wildman–Crippen MR) is 48.7 cm³/mol. The van der Waals surface area contributed by atoms with Crippen LogP contribution in [0.2, 0.25) is 0 Å². The molecule has 1 aliphatic rings. The summed E-state index contributed by atoms with van der Waals surface area (Å²) < 4.78 is 2.31. The van der Waals surface area contributed by atoms with E-state index in [1.165, 1.54) is 0 Å². The molecule has 13 heavy (non-hydrogen) atoms. The Morgan fingerprint density at radius 1 is 1.38 bits per heavy atom. The predicted octanol–water partition coefficient (Wildman–Crippen LogP) is 0.812. The van der Waals surface area contributed by atoms with Gasteiger partial charge in [-0.25, -0.2) is 4.68 Å². The van der Waals surface area contributed by atoms with Crippen LogP contribution in [0, 0.1) is 4.77 Å². The first-order chi connectivity index (χ1) is 6.27. The zero-order valence-electron chi connectivity index (χ0n) is 7.18. The zero-order valence-corrected chi connectivity index (χ0v) is 8.00. The van der Waals surface area contributed by atoms with Gasteiger partial charge in [-0.2, -0.15) is 5.21 Å². The van der Waals surface area contributed by atoms with Crippen molar-refractivity contribution >= 4 is 12.2 Å². The number of hydrogen-bond donors (Lipinski definition) is 2. The van der Waals surface area contributed by atoms with E-state index < -0.39 is 0 Å². The number of hydrogen-bond acceptors (Lipinski definition) is 4. The molecule has 2 rings (SSSR count). The number of nitrogens with one attached hydrogen (secondary N) is 1. The van der Waals surface area contributed by atoms with E-state index >= 15 is 0 Å². The number of aliphatic hydroxyl groups is 1. The molecular weight excluding hydrogens is 188 g/mol. The Kier molecular flexibility index (Phi) is 2.41. The number of nitrogens with zero attached hydrogens (tertiary/aromatic N) is 3. The van der Waals surface area contributed by atoms with Crippen LogP contribution >= 0.6 is 12.2 Å². The van der Waals surface area contributed by atoms with Crippen LogP contribution in [0.15, 0.2) is 0 Å². The summed E-state index contributed by atoms with van der Waals surface area (Å²) in [5.41, 5.74) is 0. The first-order valence-corrected chi connectivity index (χ1v) is 4.86. The Bertz CT molecular complexity index is 325. The van der Waals surface area contributed by atoms with Crippen LogP contribution < -0.4 is 0 Å². The molecule has 0 radical (unpaired) electrons. The van der Waals surface area contributed by atoms with Gasteiger partial charge in [-0.15, -0.1) is 0 Å². The number of rotatable bonds is 1. The highest BCUT2D eigenvalue weighted by molar-refractivity contribution is 7.71. The van der Waals surface area contributed by atoms with Crippen molar-refractivity contribution in [2.24, 2.45) is 0 Å². The van der Waals surface area contributed by atoms with Gasteiger partial charge in [-0.1, -0.05) is 10.3 Å². The molecule has 2 N–H and O–H groups in total. The molecule has 0 aromatic carbocycles. The van der Waals surface area contributed by atoms with Crippen molar-refractivity contribution in [2.45, 2.75) is 37.8 Å².